The molecule has 1 unspecified atom stereocenters. The molecule has 0 aromatic carbocycles. The molecule has 1 atom stereocenters. The van der Waals surface area contributed by atoms with Gasteiger partial charge in [0.25, 0.3) is 0 Å². The molecule has 0 saturated carbocycles. The monoisotopic (exact) mass is 228 g/mol. The lowest BCUT2D eigenvalue weighted by Crippen LogP contribution is -2.40. The molecule has 42 valence electrons. The number of hydrogen-bond donors (Lipinski definition) is 0. The van der Waals surface area contributed by atoms with Crippen molar-refractivity contribution < 1.29 is 0 Å². The fourth-order valence-corrected chi connectivity index (χ4v) is 2.52. The molecular formula is C5H9IS. The molecule has 0 N–H and O–H groups in total. The summed E-state index contributed by atoms with van der Waals surface area (Å²) in [5, 5.41) is 0. The van der Waals surface area contributed by atoms with Crippen LogP contribution in [0.3, 0.4) is 0 Å². The maximum absolute atomic E-state index is 2.52. The van der Waals surface area contributed by atoms with Crippen LogP contribution in [0, 0.1) is 0 Å². The summed E-state index contributed by atoms with van der Waals surface area (Å²) >= 11 is 4.58. The molecule has 0 bridgehead atoms. The molecule has 7 heavy (non-hydrogen) atoms. The van der Waals surface area contributed by atoms with E-state index >= 15 is 0 Å². The van der Waals surface area contributed by atoms with Gasteiger partial charge in [0, 0.05) is 14.4 Å². The predicted octanol–water partition coefficient (Wildman–Crippen LogP) is 2.32. The predicted molar refractivity (Wildman–Crippen MR) is 44.3 cm³/mol. The van der Waals surface area contributed by atoms with Crippen LogP contribution in [0.1, 0.15) is 13.8 Å². The lowest BCUT2D eigenvalue weighted by Gasteiger charge is -2.39. The number of thioether (sulfide) groups is 1. The molecule has 0 amide bonds. The van der Waals surface area contributed by atoms with Crippen molar-refractivity contribution >= 4 is 34.4 Å². The Morgan fingerprint density at radius 1 is 1.71 bits per heavy atom. The highest BCUT2D eigenvalue weighted by atomic mass is 127. The van der Waals surface area contributed by atoms with Crippen molar-refractivity contribution in [1.29, 1.82) is 0 Å². The van der Waals surface area contributed by atoms with E-state index in [-0.39, 0.29) is 0 Å². The van der Waals surface area contributed by atoms with Crippen LogP contribution in [0.4, 0.5) is 0 Å². The first kappa shape index (κ1) is 6.20. The second kappa shape index (κ2) is 1.79. The van der Waals surface area contributed by atoms with Gasteiger partial charge >= 0.3 is 0 Å². The standard InChI is InChI=1S/C5H9IS/c1-5(2)4(6)3-7-5/h4H,3H2,1-2H3. The molecule has 0 aliphatic carbocycles. The maximum atomic E-state index is 2.52. The molecule has 0 aromatic heterocycles. The minimum atomic E-state index is 0.584. The largest absolute Gasteiger partial charge is 0.153 e. The van der Waals surface area contributed by atoms with Crippen LogP contribution in [0.5, 0.6) is 0 Å². The van der Waals surface area contributed by atoms with Crippen LogP contribution in [-0.2, 0) is 0 Å². The van der Waals surface area contributed by atoms with Gasteiger partial charge in [0.05, 0.1) is 0 Å². The average Bonchev–Trinajstić information content (AvgIpc) is 1.63. The quantitative estimate of drug-likeness (QED) is 0.453. The molecule has 0 aromatic rings. The second-order valence-corrected chi connectivity index (χ2v) is 5.56. The van der Waals surface area contributed by atoms with Crippen molar-refractivity contribution in [2.75, 3.05) is 5.75 Å². The third kappa shape index (κ3) is 1.07. The number of rotatable bonds is 0. The molecule has 0 nitrogen and oxygen atoms in total. The van der Waals surface area contributed by atoms with Crippen molar-refractivity contribution in [2.24, 2.45) is 0 Å². The summed E-state index contributed by atoms with van der Waals surface area (Å²) in [5.41, 5.74) is 0. The Kier molecular flexibility index (Phi) is 1.59. The minimum Gasteiger partial charge on any atom is -0.153 e. The van der Waals surface area contributed by atoms with Gasteiger partial charge in [-0.05, 0) is 13.8 Å². The minimum absolute atomic E-state index is 0.584. The Balaban J connectivity index is 2.43. The van der Waals surface area contributed by atoms with Crippen molar-refractivity contribution in [1.82, 2.24) is 0 Å². The maximum Gasteiger partial charge on any atom is 0.0342 e. The zero-order chi connectivity index (χ0) is 5.49. The van der Waals surface area contributed by atoms with Crippen LogP contribution in [0.15, 0.2) is 0 Å². The Morgan fingerprint density at radius 3 is 2.14 bits per heavy atom. The van der Waals surface area contributed by atoms with Crippen LogP contribution in [-0.4, -0.2) is 14.4 Å². The number of halogens is 1. The van der Waals surface area contributed by atoms with E-state index in [1.165, 1.54) is 5.75 Å². The summed E-state index contributed by atoms with van der Waals surface area (Å²) < 4.78 is 1.50. The Hall–Kier alpha value is 1.08. The van der Waals surface area contributed by atoms with Gasteiger partial charge in [-0.3, -0.25) is 0 Å². The van der Waals surface area contributed by atoms with Gasteiger partial charge in [0.2, 0.25) is 0 Å². The lowest BCUT2D eigenvalue weighted by molar-refractivity contribution is 0.683. The van der Waals surface area contributed by atoms with Crippen molar-refractivity contribution in [3.63, 3.8) is 0 Å². The summed E-state index contributed by atoms with van der Waals surface area (Å²) in [4.78, 5) is 0. The third-order valence-corrected chi connectivity index (χ3v) is 5.90. The first-order chi connectivity index (χ1) is 3.13. The van der Waals surface area contributed by atoms with E-state index in [0.29, 0.717) is 4.75 Å². The van der Waals surface area contributed by atoms with Crippen molar-refractivity contribution in [2.45, 2.75) is 22.5 Å². The third-order valence-electron chi connectivity index (χ3n) is 1.36. The topological polar surface area (TPSA) is 0 Å². The molecule has 1 aliphatic rings. The zero-order valence-corrected chi connectivity index (χ0v) is 7.54. The van der Waals surface area contributed by atoms with E-state index in [1.54, 1.807) is 0 Å². The van der Waals surface area contributed by atoms with Gasteiger partial charge in [-0.25, -0.2) is 0 Å². The normalized spacial score (nSPS) is 37.3. The smallest absolute Gasteiger partial charge is 0.0342 e. The van der Waals surface area contributed by atoms with Crippen LogP contribution in [0.25, 0.3) is 0 Å². The van der Waals surface area contributed by atoms with E-state index < -0.39 is 0 Å². The van der Waals surface area contributed by atoms with Gasteiger partial charge < -0.3 is 0 Å². The SMILES string of the molecule is CC1(C)SCC1I. The Morgan fingerprint density at radius 2 is 2.14 bits per heavy atom. The molecule has 1 fully saturated rings. The lowest BCUT2D eigenvalue weighted by atomic mass is 10.1. The molecular weight excluding hydrogens is 219 g/mol. The highest BCUT2D eigenvalue weighted by Crippen LogP contribution is 2.44. The van der Waals surface area contributed by atoms with Crippen molar-refractivity contribution in [3.8, 4) is 0 Å². The van der Waals surface area contributed by atoms with E-state index in [4.69, 9.17) is 0 Å². The van der Waals surface area contributed by atoms with Crippen LogP contribution in [0.2, 0.25) is 0 Å². The summed E-state index contributed by atoms with van der Waals surface area (Å²) in [6.45, 7) is 4.61. The van der Waals surface area contributed by atoms with Crippen LogP contribution >= 0.6 is 34.4 Å². The zero-order valence-electron chi connectivity index (χ0n) is 4.57. The first-order valence-electron chi connectivity index (χ1n) is 2.41. The van der Waals surface area contributed by atoms with Gasteiger partial charge in [0.1, 0.15) is 0 Å². The van der Waals surface area contributed by atoms with Crippen molar-refractivity contribution in [3.05, 3.63) is 0 Å². The first-order valence-corrected chi connectivity index (χ1v) is 4.64. The second-order valence-electron chi connectivity index (χ2n) is 2.38. The fraction of sp³-hybridized carbons (Fsp3) is 1.00. The van der Waals surface area contributed by atoms with Gasteiger partial charge in [0.15, 0.2) is 0 Å². The van der Waals surface area contributed by atoms with E-state index in [2.05, 4.69) is 48.2 Å². The molecule has 2 heteroatoms. The average molecular weight is 228 g/mol. The van der Waals surface area contributed by atoms with E-state index in [9.17, 15) is 0 Å². The number of alkyl halides is 1. The van der Waals surface area contributed by atoms with Gasteiger partial charge in [-0.1, -0.05) is 22.6 Å². The fourth-order valence-electron chi connectivity index (χ4n) is 0.480. The Labute approximate surface area is 62.6 Å². The Bertz CT molecular complexity index is 80.1. The van der Waals surface area contributed by atoms with Crippen LogP contribution < -0.4 is 0 Å². The van der Waals surface area contributed by atoms with Gasteiger partial charge in [-0.15, -0.1) is 0 Å². The highest BCUT2D eigenvalue weighted by Gasteiger charge is 2.36. The summed E-state index contributed by atoms with van der Waals surface area (Å²) in [6.07, 6.45) is 0. The molecule has 1 heterocycles. The van der Waals surface area contributed by atoms with E-state index in [1.807, 2.05) is 0 Å². The molecule has 1 saturated heterocycles. The molecule has 0 radical (unpaired) electrons. The summed E-state index contributed by atoms with van der Waals surface area (Å²) in [7, 11) is 0. The summed E-state index contributed by atoms with van der Waals surface area (Å²) in [5.74, 6) is 1.35. The molecule has 0 spiro atoms. The molecule has 1 aliphatic heterocycles. The summed E-state index contributed by atoms with van der Waals surface area (Å²) in [6, 6.07) is 0. The van der Waals surface area contributed by atoms with Gasteiger partial charge in [-0.2, -0.15) is 11.8 Å². The molecule has 1 rings (SSSR count). The number of hydrogen-bond acceptors (Lipinski definition) is 1. The highest BCUT2D eigenvalue weighted by molar-refractivity contribution is 14.1. The van der Waals surface area contributed by atoms with E-state index in [0.717, 1.165) is 3.92 Å².